The molecule has 0 aliphatic carbocycles. The summed E-state index contributed by atoms with van der Waals surface area (Å²) in [4.78, 5) is 27.1. The molecule has 0 heterocycles. The summed E-state index contributed by atoms with van der Waals surface area (Å²) >= 11 is 1.44. The molecule has 2 amide bonds. The molecule has 0 unspecified atom stereocenters. The quantitative estimate of drug-likeness (QED) is 0.310. The maximum atomic E-state index is 12.0. The van der Waals surface area contributed by atoms with E-state index in [-0.39, 0.29) is 11.7 Å². The van der Waals surface area contributed by atoms with Crippen LogP contribution in [-0.2, 0) is 9.59 Å². The Morgan fingerprint density at radius 2 is 1.65 bits per heavy atom. The summed E-state index contributed by atoms with van der Waals surface area (Å²) in [6.07, 6.45) is 0.621. The van der Waals surface area contributed by atoms with Crippen molar-refractivity contribution in [3.63, 3.8) is 0 Å². The second-order valence-corrected chi connectivity index (χ2v) is 6.36. The number of anilines is 2. The van der Waals surface area contributed by atoms with Crippen LogP contribution in [0.4, 0.5) is 11.4 Å². The SMILES string of the molecule is Cc1ccc(SCC(=O)Nc2ccc(NC(=O)/C(O)=C\[N+]#N)cc2)cc1. The molecule has 0 saturated carbocycles. The van der Waals surface area contributed by atoms with E-state index in [1.165, 1.54) is 17.3 Å². The number of nitrogens with one attached hydrogen (secondary N) is 2. The van der Waals surface area contributed by atoms with Gasteiger partial charge in [0.1, 0.15) is 0 Å². The lowest BCUT2D eigenvalue weighted by molar-refractivity contribution is -0.115. The molecular formula is C18H17N4O3S+. The summed E-state index contributed by atoms with van der Waals surface area (Å²) in [7, 11) is 0. The van der Waals surface area contributed by atoms with Crippen molar-refractivity contribution in [2.75, 3.05) is 16.4 Å². The zero-order valence-electron chi connectivity index (χ0n) is 14.0. The van der Waals surface area contributed by atoms with E-state index in [9.17, 15) is 14.7 Å². The second-order valence-electron chi connectivity index (χ2n) is 5.31. The van der Waals surface area contributed by atoms with E-state index >= 15 is 0 Å². The first kappa shape index (κ1) is 19.0. The van der Waals surface area contributed by atoms with Gasteiger partial charge in [0.05, 0.1) is 5.75 Å². The van der Waals surface area contributed by atoms with Gasteiger partial charge in [0.15, 0.2) is 4.98 Å². The summed E-state index contributed by atoms with van der Waals surface area (Å²) in [6.45, 7) is 2.01. The summed E-state index contributed by atoms with van der Waals surface area (Å²) in [6, 6.07) is 14.3. The number of aliphatic hydroxyl groups excluding tert-OH is 1. The highest BCUT2D eigenvalue weighted by molar-refractivity contribution is 8.00. The topological polar surface area (TPSA) is 107 Å². The molecule has 132 valence electrons. The predicted molar refractivity (Wildman–Crippen MR) is 101 cm³/mol. The Balaban J connectivity index is 1.85. The molecule has 0 aromatic heterocycles. The van der Waals surface area contributed by atoms with Crippen molar-refractivity contribution in [1.29, 1.82) is 5.39 Å². The van der Waals surface area contributed by atoms with Crippen LogP contribution in [0.15, 0.2) is 65.4 Å². The summed E-state index contributed by atoms with van der Waals surface area (Å²) in [5, 5.41) is 22.7. The lowest BCUT2D eigenvalue weighted by atomic mass is 10.2. The summed E-state index contributed by atoms with van der Waals surface area (Å²) in [5.74, 6) is -1.39. The summed E-state index contributed by atoms with van der Waals surface area (Å²) < 4.78 is 0. The monoisotopic (exact) mass is 369 g/mol. The number of amides is 2. The predicted octanol–water partition coefficient (Wildman–Crippen LogP) is 3.92. The molecule has 8 heteroatoms. The molecule has 2 aromatic carbocycles. The third kappa shape index (κ3) is 5.96. The number of hydrogen-bond acceptors (Lipinski definition) is 5. The van der Waals surface area contributed by atoms with E-state index in [2.05, 4.69) is 15.6 Å². The molecule has 0 spiro atoms. The van der Waals surface area contributed by atoms with Crippen LogP contribution in [0.1, 0.15) is 5.56 Å². The first-order valence-corrected chi connectivity index (χ1v) is 8.60. The van der Waals surface area contributed by atoms with Gasteiger partial charge in [-0.3, -0.25) is 9.59 Å². The van der Waals surface area contributed by atoms with E-state index < -0.39 is 11.7 Å². The van der Waals surface area contributed by atoms with Crippen molar-refractivity contribution in [2.45, 2.75) is 11.8 Å². The summed E-state index contributed by atoms with van der Waals surface area (Å²) in [5.41, 5.74) is 2.17. The highest BCUT2D eigenvalue weighted by Gasteiger charge is 2.12. The lowest BCUT2D eigenvalue weighted by Crippen LogP contribution is -2.15. The maximum Gasteiger partial charge on any atom is 0.397 e. The van der Waals surface area contributed by atoms with Crippen LogP contribution in [-0.4, -0.2) is 22.7 Å². The molecule has 26 heavy (non-hydrogen) atoms. The first-order valence-electron chi connectivity index (χ1n) is 7.62. The van der Waals surface area contributed by atoms with Crippen molar-refractivity contribution in [2.24, 2.45) is 0 Å². The average molecular weight is 369 g/mol. The van der Waals surface area contributed by atoms with Gasteiger partial charge in [0.25, 0.3) is 11.7 Å². The highest BCUT2D eigenvalue weighted by atomic mass is 32.2. The van der Waals surface area contributed by atoms with Gasteiger partial charge in [-0.2, -0.15) is 0 Å². The number of carbonyl (C=O) groups excluding carboxylic acids is 2. The molecule has 0 aliphatic rings. The Bertz CT molecular complexity index is 856. The number of aryl methyl sites for hydroxylation is 1. The number of aliphatic hydroxyl groups is 1. The van der Waals surface area contributed by atoms with Crippen molar-refractivity contribution in [3.05, 3.63) is 71.0 Å². The van der Waals surface area contributed by atoms with Crippen LogP contribution in [0.5, 0.6) is 0 Å². The van der Waals surface area contributed by atoms with Gasteiger partial charge in [-0.25, -0.2) is 0 Å². The van der Waals surface area contributed by atoms with Gasteiger partial charge >= 0.3 is 6.20 Å². The van der Waals surface area contributed by atoms with Crippen molar-refractivity contribution >= 4 is 35.0 Å². The molecule has 2 aromatic rings. The minimum Gasteiger partial charge on any atom is -0.498 e. The minimum atomic E-state index is -0.811. The van der Waals surface area contributed by atoms with Gasteiger partial charge in [0.2, 0.25) is 11.3 Å². The minimum absolute atomic E-state index is 0.141. The number of rotatable bonds is 6. The standard InChI is InChI=1S/C18H16N4O3S/c1-12-2-8-15(9-3-12)26-11-17(24)21-13-4-6-14(7-5-13)22-18(25)16(23)10-20-19/h2-10,19,23H,11H2,1H3/p+1/b16-10+. The molecule has 0 radical (unpaired) electrons. The van der Waals surface area contributed by atoms with Crippen molar-refractivity contribution < 1.29 is 14.7 Å². The molecule has 0 aliphatic heterocycles. The maximum absolute atomic E-state index is 12.0. The Kier molecular flexibility index (Phi) is 6.76. The van der Waals surface area contributed by atoms with Crippen LogP contribution in [0.2, 0.25) is 0 Å². The average Bonchev–Trinajstić information content (AvgIpc) is 2.63. The van der Waals surface area contributed by atoms with Crippen LogP contribution < -0.4 is 10.6 Å². The lowest BCUT2D eigenvalue weighted by Gasteiger charge is -2.07. The van der Waals surface area contributed by atoms with Crippen LogP contribution in [0.25, 0.3) is 4.98 Å². The highest BCUT2D eigenvalue weighted by Crippen LogP contribution is 2.19. The first-order chi connectivity index (χ1) is 12.5. The van der Waals surface area contributed by atoms with Gasteiger partial charge in [-0.15, -0.1) is 11.8 Å². The third-order valence-corrected chi connectivity index (χ3v) is 4.24. The molecule has 7 nitrogen and oxygen atoms in total. The van der Waals surface area contributed by atoms with Crippen LogP contribution in [0.3, 0.4) is 0 Å². The number of thioether (sulfide) groups is 1. The van der Waals surface area contributed by atoms with E-state index in [4.69, 9.17) is 5.39 Å². The fraction of sp³-hybridized carbons (Fsp3) is 0.111. The fourth-order valence-corrected chi connectivity index (χ4v) is 2.62. The smallest absolute Gasteiger partial charge is 0.397 e. The molecule has 0 fully saturated rings. The Morgan fingerprint density at radius 3 is 2.23 bits per heavy atom. The Labute approximate surface area is 154 Å². The van der Waals surface area contributed by atoms with Crippen molar-refractivity contribution in [3.8, 4) is 0 Å². The van der Waals surface area contributed by atoms with E-state index in [0.717, 1.165) is 4.90 Å². The molecule has 0 saturated heterocycles. The zero-order chi connectivity index (χ0) is 18.9. The van der Waals surface area contributed by atoms with Crippen LogP contribution in [0, 0.1) is 12.3 Å². The Hall–Kier alpha value is -3.31. The molecule has 2 rings (SSSR count). The normalized spacial score (nSPS) is 10.7. The largest absolute Gasteiger partial charge is 0.498 e. The zero-order valence-corrected chi connectivity index (χ0v) is 14.8. The van der Waals surface area contributed by atoms with Crippen molar-refractivity contribution in [1.82, 2.24) is 0 Å². The second kappa shape index (κ2) is 9.25. The van der Waals surface area contributed by atoms with Gasteiger partial charge in [-0.1, -0.05) is 17.7 Å². The molecular weight excluding hydrogens is 352 g/mol. The number of nitrogens with zero attached hydrogens (tertiary/aromatic N) is 2. The Morgan fingerprint density at radius 1 is 1.08 bits per heavy atom. The number of diazo groups is 1. The van der Waals surface area contributed by atoms with Gasteiger partial charge < -0.3 is 15.7 Å². The van der Waals surface area contributed by atoms with Gasteiger partial charge in [-0.05, 0) is 43.3 Å². The molecule has 0 atom stereocenters. The number of benzene rings is 2. The van der Waals surface area contributed by atoms with E-state index in [0.29, 0.717) is 17.6 Å². The fourth-order valence-electron chi connectivity index (χ4n) is 1.93. The number of hydrogen-bond donors (Lipinski definition) is 3. The van der Waals surface area contributed by atoms with E-state index in [1.807, 2.05) is 31.2 Å². The van der Waals surface area contributed by atoms with Gasteiger partial charge in [0, 0.05) is 16.3 Å². The number of carbonyl (C=O) groups is 2. The molecule has 0 bridgehead atoms. The van der Waals surface area contributed by atoms with E-state index in [1.54, 1.807) is 24.3 Å². The third-order valence-electron chi connectivity index (χ3n) is 3.23. The van der Waals surface area contributed by atoms with Crippen LogP contribution >= 0.6 is 11.8 Å². The molecule has 3 N–H and O–H groups in total.